The number of urea groups is 1. The number of rotatable bonds is 3. The fourth-order valence-electron chi connectivity index (χ4n) is 2.30. The van der Waals surface area contributed by atoms with Gasteiger partial charge in [0.25, 0.3) is 0 Å². The smallest absolute Gasteiger partial charge is 0.317 e. The van der Waals surface area contributed by atoms with E-state index in [1.807, 2.05) is 12.1 Å². The topological polar surface area (TPSA) is 69.6 Å². The Hall–Kier alpha value is -1.75. The summed E-state index contributed by atoms with van der Waals surface area (Å²) in [5.41, 5.74) is 0.914. The van der Waals surface area contributed by atoms with Crippen molar-refractivity contribution in [2.45, 2.75) is 19.4 Å². The molecule has 2 amide bonds. The van der Waals surface area contributed by atoms with E-state index in [0.29, 0.717) is 24.5 Å². The van der Waals surface area contributed by atoms with Crippen molar-refractivity contribution in [3.8, 4) is 0 Å². The van der Waals surface area contributed by atoms with Gasteiger partial charge in [0.15, 0.2) is 0 Å². The molecule has 0 saturated carbocycles. The first kappa shape index (κ1) is 14.7. The first-order valence-corrected chi connectivity index (χ1v) is 6.94. The van der Waals surface area contributed by atoms with Crippen LogP contribution in [-0.2, 0) is 11.3 Å². The van der Waals surface area contributed by atoms with E-state index < -0.39 is 11.9 Å². The fourth-order valence-corrected chi connectivity index (χ4v) is 2.51. The summed E-state index contributed by atoms with van der Waals surface area (Å²) in [5, 5.41) is 12.4. The van der Waals surface area contributed by atoms with Crippen molar-refractivity contribution in [3.63, 3.8) is 0 Å². The lowest BCUT2D eigenvalue weighted by Gasteiger charge is -2.30. The van der Waals surface area contributed by atoms with Crippen molar-refractivity contribution >= 4 is 23.6 Å². The van der Waals surface area contributed by atoms with E-state index in [2.05, 4.69) is 5.32 Å². The second-order valence-electron chi connectivity index (χ2n) is 4.91. The fraction of sp³-hybridized carbons (Fsp3) is 0.429. The summed E-state index contributed by atoms with van der Waals surface area (Å²) in [6, 6.07) is 7.04. The number of nitrogens with one attached hydrogen (secondary N) is 1. The highest BCUT2D eigenvalue weighted by Crippen LogP contribution is 2.17. The zero-order valence-corrected chi connectivity index (χ0v) is 11.8. The molecule has 20 heavy (non-hydrogen) atoms. The molecule has 1 fully saturated rings. The van der Waals surface area contributed by atoms with E-state index in [1.54, 1.807) is 17.0 Å². The lowest BCUT2D eigenvalue weighted by Crippen LogP contribution is -2.46. The van der Waals surface area contributed by atoms with E-state index in [4.69, 9.17) is 16.7 Å². The van der Waals surface area contributed by atoms with Gasteiger partial charge in [0, 0.05) is 24.7 Å². The molecule has 0 bridgehead atoms. The van der Waals surface area contributed by atoms with Gasteiger partial charge in [0.1, 0.15) is 0 Å². The molecule has 5 nitrogen and oxygen atoms in total. The lowest BCUT2D eigenvalue weighted by atomic mass is 9.99. The SMILES string of the molecule is O=C(O)C1CCCN(C(=O)NCc2cccc(Cl)c2)C1. The van der Waals surface area contributed by atoms with Gasteiger partial charge < -0.3 is 15.3 Å². The molecule has 1 atom stereocenters. The molecule has 1 saturated heterocycles. The molecule has 1 aliphatic heterocycles. The molecule has 2 rings (SSSR count). The number of halogens is 1. The third-order valence-corrected chi connectivity index (χ3v) is 3.63. The number of aliphatic carboxylic acids is 1. The van der Waals surface area contributed by atoms with Gasteiger partial charge in [-0.2, -0.15) is 0 Å². The van der Waals surface area contributed by atoms with Crippen LogP contribution in [0.2, 0.25) is 5.02 Å². The van der Waals surface area contributed by atoms with E-state index in [1.165, 1.54) is 0 Å². The number of likely N-dealkylation sites (tertiary alicyclic amines) is 1. The van der Waals surface area contributed by atoms with Crippen LogP contribution in [0.5, 0.6) is 0 Å². The molecule has 108 valence electrons. The number of carbonyl (C=O) groups excluding carboxylic acids is 1. The summed E-state index contributed by atoms with van der Waals surface area (Å²) in [5.74, 6) is -1.29. The minimum atomic E-state index is -0.836. The van der Waals surface area contributed by atoms with Crippen LogP contribution in [0.15, 0.2) is 24.3 Å². The number of hydrogen-bond acceptors (Lipinski definition) is 2. The van der Waals surface area contributed by atoms with Crippen LogP contribution in [0.25, 0.3) is 0 Å². The number of amides is 2. The quantitative estimate of drug-likeness (QED) is 0.899. The molecule has 0 spiro atoms. The summed E-state index contributed by atoms with van der Waals surface area (Å²) in [6.07, 6.45) is 1.36. The summed E-state index contributed by atoms with van der Waals surface area (Å²) in [7, 11) is 0. The second kappa shape index (κ2) is 6.61. The number of nitrogens with zero attached hydrogens (tertiary/aromatic N) is 1. The second-order valence-corrected chi connectivity index (χ2v) is 5.35. The Labute approximate surface area is 122 Å². The molecule has 0 radical (unpaired) electrons. The molecule has 1 heterocycles. The van der Waals surface area contributed by atoms with Gasteiger partial charge in [-0.1, -0.05) is 23.7 Å². The van der Waals surface area contributed by atoms with Crippen molar-refractivity contribution in [2.75, 3.05) is 13.1 Å². The molecule has 1 aromatic rings. The number of carboxylic acids is 1. The van der Waals surface area contributed by atoms with Crippen LogP contribution < -0.4 is 5.32 Å². The molecule has 0 aliphatic carbocycles. The van der Waals surface area contributed by atoms with Gasteiger partial charge >= 0.3 is 12.0 Å². The third kappa shape index (κ3) is 3.87. The average Bonchev–Trinajstić information content (AvgIpc) is 2.45. The Kier molecular flexibility index (Phi) is 4.84. The molecule has 2 N–H and O–H groups in total. The standard InChI is InChI=1S/C14H17ClN2O3/c15-12-5-1-3-10(7-12)8-16-14(20)17-6-2-4-11(9-17)13(18)19/h1,3,5,7,11H,2,4,6,8-9H2,(H,16,20)(H,18,19). The van der Waals surface area contributed by atoms with Crippen molar-refractivity contribution in [1.82, 2.24) is 10.2 Å². The van der Waals surface area contributed by atoms with Crippen LogP contribution in [0.4, 0.5) is 4.79 Å². The van der Waals surface area contributed by atoms with Gasteiger partial charge in [-0.3, -0.25) is 4.79 Å². The number of piperidine rings is 1. The largest absolute Gasteiger partial charge is 0.481 e. The minimum Gasteiger partial charge on any atom is -0.481 e. The maximum Gasteiger partial charge on any atom is 0.317 e. The molecule has 1 aliphatic rings. The Morgan fingerprint density at radius 3 is 2.95 bits per heavy atom. The first-order valence-electron chi connectivity index (χ1n) is 6.56. The summed E-state index contributed by atoms with van der Waals surface area (Å²) >= 11 is 5.87. The highest BCUT2D eigenvalue weighted by atomic mass is 35.5. The average molecular weight is 297 g/mol. The molecular weight excluding hydrogens is 280 g/mol. The van der Waals surface area contributed by atoms with Crippen LogP contribution in [-0.4, -0.2) is 35.1 Å². The van der Waals surface area contributed by atoms with Crippen LogP contribution in [0, 0.1) is 5.92 Å². The highest BCUT2D eigenvalue weighted by molar-refractivity contribution is 6.30. The van der Waals surface area contributed by atoms with Gasteiger partial charge in [-0.25, -0.2) is 4.79 Å². The van der Waals surface area contributed by atoms with Gasteiger partial charge in [0.2, 0.25) is 0 Å². The normalized spacial score (nSPS) is 18.6. The van der Waals surface area contributed by atoms with E-state index in [-0.39, 0.29) is 12.6 Å². The summed E-state index contributed by atoms with van der Waals surface area (Å²) in [4.78, 5) is 24.5. The summed E-state index contributed by atoms with van der Waals surface area (Å²) < 4.78 is 0. The first-order chi connectivity index (χ1) is 9.56. The molecule has 6 heteroatoms. The molecule has 1 unspecified atom stereocenters. The highest BCUT2D eigenvalue weighted by Gasteiger charge is 2.27. The zero-order chi connectivity index (χ0) is 14.5. The molecular formula is C14H17ClN2O3. The van der Waals surface area contributed by atoms with Crippen molar-refractivity contribution in [1.29, 1.82) is 0 Å². The number of benzene rings is 1. The number of hydrogen-bond donors (Lipinski definition) is 2. The van der Waals surface area contributed by atoms with E-state index in [9.17, 15) is 9.59 Å². The van der Waals surface area contributed by atoms with E-state index >= 15 is 0 Å². The zero-order valence-electron chi connectivity index (χ0n) is 11.0. The number of carboxylic acid groups (broad SMARTS) is 1. The lowest BCUT2D eigenvalue weighted by molar-refractivity contribution is -0.143. The van der Waals surface area contributed by atoms with Gasteiger partial charge in [-0.15, -0.1) is 0 Å². The third-order valence-electron chi connectivity index (χ3n) is 3.39. The van der Waals surface area contributed by atoms with Crippen molar-refractivity contribution in [3.05, 3.63) is 34.9 Å². The Balaban J connectivity index is 1.87. The Morgan fingerprint density at radius 2 is 2.25 bits per heavy atom. The maximum atomic E-state index is 12.0. The van der Waals surface area contributed by atoms with E-state index in [0.717, 1.165) is 12.0 Å². The Morgan fingerprint density at radius 1 is 1.45 bits per heavy atom. The minimum absolute atomic E-state index is 0.226. The van der Waals surface area contributed by atoms with Crippen molar-refractivity contribution in [2.24, 2.45) is 5.92 Å². The predicted octanol–water partition coefficient (Wildman–Crippen LogP) is 2.35. The maximum absolute atomic E-state index is 12.0. The monoisotopic (exact) mass is 296 g/mol. The molecule has 1 aromatic carbocycles. The number of carbonyl (C=O) groups is 2. The Bertz CT molecular complexity index is 507. The molecule has 0 aromatic heterocycles. The van der Waals surface area contributed by atoms with Crippen molar-refractivity contribution < 1.29 is 14.7 Å². The van der Waals surface area contributed by atoms with Gasteiger partial charge in [0.05, 0.1) is 5.92 Å². The van der Waals surface area contributed by atoms with Crippen LogP contribution in [0.1, 0.15) is 18.4 Å². The predicted molar refractivity (Wildman–Crippen MR) is 75.6 cm³/mol. The van der Waals surface area contributed by atoms with Crippen LogP contribution >= 0.6 is 11.6 Å². The van der Waals surface area contributed by atoms with Crippen LogP contribution in [0.3, 0.4) is 0 Å². The van der Waals surface area contributed by atoms with Gasteiger partial charge in [-0.05, 0) is 30.5 Å². The summed E-state index contributed by atoms with van der Waals surface area (Å²) in [6.45, 7) is 1.26.